The molecule has 2 aromatic carbocycles. The molecule has 0 aliphatic rings. The van der Waals surface area contributed by atoms with Gasteiger partial charge >= 0.3 is 0 Å². The van der Waals surface area contributed by atoms with Crippen molar-refractivity contribution in [1.29, 1.82) is 0 Å². The van der Waals surface area contributed by atoms with Gasteiger partial charge in [-0.3, -0.25) is 4.98 Å². The molecule has 0 saturated carbocycles. The van der Waals surface area contributed by atoms with Crippen LogP contribution in [0.5, 0.6) is 0 Å². The molecular formula is C33H49N. The topological polar surface area (TPSA) is 12.9 Å². The average Bonchev–Trinajstić information content (AvgIpc) is 2.87. The smallest absolute Gasteiger partial charge is 0.0789 e. The standard InChI is InChI=1S/C33H49N/c1-6-11-18-25-26-22-16-17-23-30(26)33-32(28(25)20-13-8-3)29(21-14-9-4)27(19-12-7-2)31(34-33)24-15-10-5/h16-17,22-23H,6-15,18-21,24H2,1-5H3. The van der Waals surface area contributed by atoms with Crippen LogP contribution in [0.1, 0.15) is 127 Å². The van der Waals surface area contributed by atoms with Crippen molar-refractivity contribution < 1.29 is 0 Å². The molecule has 0 amide bonds. The highest BCUT2D eigenvalue weighted by atomic mass is 14.7. The number of benzene rings is 2. The molecule has 0 spiro atoms. The SMILES string of the molecule is CCCCc1nc2c(c(CCCC)c1CCCC)c(CCCC)c(CCCC)c1ccccc12. The Labute approximate surface area is 209 Å². The third-order valence-corrected chi connectivity index (χ3v) is 7.56. The first-order chi connectivity index (χ1) is 16.7. The number of hydrogen-bond donors (Lipinski definition) is 0. The van der Waals surface area contributed by atoms with Gasteiger partial charge in [0.1, 0.15) is 0 Å². The zero-order valence-electron chi connectivity index (χ0n) is 22.9. The Bertz CT molecular complexity index is 1050. The van der Waals surface area contributed by atoms with E-state index in [0.29, 0.717) is 0 Å². The quantitative estimate of drug-likeness (QED) is 0.206. The van der Waals surface area contributed by atoms with Gasteiger partial charge in [0.25, 0.3) is 0 Å². The van der Waals surface area contributed by atoms with Crippen LogP contribution < -0.4 is 0 Å². The molecule has 1 heterocycles. The summed E-state index contributed by atoms with van der Waals surface area (Å²) in [5, 5.41) is 4.41. The second-order valence-corrected chi connectivity index (χ2v) is 10.3. The lowest BCUT2D eigenvalue weighted by atomic mass is 9.83. The van der Waals surface area contributed by atoms with Gasteiger partial charge in [0.15, 0.2) is 0 Å². The van der Waals surface area contributed by atoms with Crippen LogP contribution in [0.15, 0.2) is 24.3 Å². The van der Waals surface area contributed by atoms with Crippen LogP contribution in [0.25, 0.3) is 21.7 Å². The normalized spacial score (nSPS) is 11.7. The summed E-state index contributed by atoms with van der Waals surface area (Å²) in [4.78, 5) is 5.55. The van der Waals surface area contributed by atoms with Gasteiger partial charge in [-0.05, 0) is 91.8 Å². The molecule has 1 nitrogen and oxygen atoms in total. The lowest BCUT2D eigenvalue weighted by molar-refractivity contribution is 0.724. The van der Waals surface area contributed by atoms with Gasteiger partial charge in [0.2, 0.25) is 0 Å². The molecule has 3 aromatic rings. The van der Waals surface area contributed by atoms with Crippen LogP contribution in [0, 0.1) is 0 Å². The number of hydrogen-bond acceptors (Lipinski definition) is 1. The first-order valence-corrected chi connectivity index (χ1v) is 14.6. The molecule has 1 aromatic heterocycles. The van der Waals surface area contributed by atoms with Gasteiger partial charge in [-0.1, -0.05) is 91.0 Å². The monoisotopic (exact) mass is 459 g/mol. The lowest BCUT2D eigenvalue weighted by Crippen LogP contribution is -2.10. The van der Waals surface area contributed by atoms with Gasteiger partial charge in [-0.2, -0.15) is 0 Å². The molecule has 0 N–H and O–H groups in total. The van der Waals surface area contributed by atoms with Crippen molar-refractivity contribution in [2.24, 2.45) is 0 Å². The molecule has 0 aliphatic carbocycles. The zero-order valence-corrected chi connectivity index (χ0v) is 22.9. The second-order valence-electron chi connectivity index (χ2n) is 10.3. The highest BCUT2D eigenvalue weighted by Gasteiger charge is 2.22. The van der Waals surface area contributed by atoms with E-state index in [9.17, 15) is 0 Å². The van der Waals surface area contributed by atoms with Crippen molar-refractivity contribution in [3.05, 3.63) is 52.2 Å². The Balaban J connectivity index is 2.45. The minimum atomic E-state index is 1.13. The number of pyridine rings is 1. The summed E-state index contributed by atoms with van der Waals surface area (Å²) in [5.74, 6) is 0. The summed E-state index contributed by atoms with van der Waals surface area (Å²) in [5.41, 5.74) is 9.26. The zero-order chi connectivity index (χ0) is 24.3. The number of rotatable bonds is 15. The molecule has 0 unspecified atom stereocenters. The largest absolute Gasteiger partial charge is 0.252 e. The Morgan fingerprint density at radius 3 is 1.50 bits per heavy atom. The fraction of sp³-hybridized carbons (Fsp3) is 0.606. The first-order valence-electron chi connectivity index (χ1n) is 14.6. The van der Waals surface area contributed by atoms with Crippen LogP contribution >= 0.6 is 0 Å². The molecule has 0 aliphatic heterocycles. The van der Waals surface area contributed by atoms with Gasteiger partial charge < -0.3 is 0 Å². The van der Waals surface area contributed by atoms with Crippen molar-refractivity contribution in [3.8, 4) is 0 Å². The number of aromatic nitrogens is 1. The van der Waals surface area contributed by atoms with E-state index < -0.39 is 0 Å². The molecule has 0 bridgehead atoms. The van der Waals surface area contributed by atoms with E-state index in [0.717, 1.165) is 6.42 Å². The Kier molecular flexibility index (Phi) is 10.9. The van der Waals surface area contributed by atoms with Gasteiger partial charge in [-0.15, -0.1) is 0 Å². The molecular weight excluding hydrogens is 410 g/mol. The van der Waals surface area contributed by atoms with E-state index in [-0.39, 0.29) is 0 Å². The van der Waals surface area contributed by atoms with Crippen molar-refractivity contribution >= 4 is 21.7 Å². The minimum absolute atomic E-state index is 1.13. The third-order valence-electron chi connectivity index (χ3n) is 7.56. The van der Waals surface area contributed by atoms with Crippen LogP contribution in [0.3, 0.4) is 0 Å². The fourth-order valence-corrected chi connectivity index (χ4v) is 5.61. The number of unbranched alkanes of at least 4 members (excludes halogenated alkanes) is 5. The molecule has 34 heavy (non-hydrogen) atoms. The molecule has 186 valence electrons. The summed E-state index contributed by atoms with van der Waals surface area (Å²) in [6, 6.07) is 9.18. The summed E-state index contributed by atoms with van der Waals surface area (Å²) in [6.07, 6.45) is 18.5. The van der Waals surface area contributed by atoms with E-state index in [1.807, 2.05) is 0 Å². The summed E-state index contributed by atoms with van der Waals surface area (Å²) >= 11 is 0. The van der Waals surface area contributed by atoms with Crippen LogP contribution in [-0.4, -0.2) is 4.98 Å². The van der Waals surface area contributed by atoms with E-state index in [1.54, 1.807) is 27.6 Å². The van der Waals surface area contributed by atoms with E-state index in [2.05, 4.69) is 58.9 Å². The Hall–Kier alpha value is -1.89. The summed E-state index contributed by atoms with van der Waals surface area (Å²) < 4.78 is 0. The van der Waals surface area contributed by atoms with Crippen molar-refractivity contribution in [1.82, 2.24) is 4.98 Å². The third kappa shape index (κ3) is 6.02. The molecule has 0 atom stereocenters. The fourth-order valence-electron chi connectivity index (χ4n) is 5.61. The highest BCUT2D eigenvalue weighted by molar-refractivity contribution is 6.10. The molecule has 0 fully saturated rings. The second kappa shape index (κ2) is 13.9. The van der Waals surface area contributed by atoms with Gasteiger partial charge in [-0.25, -0.2) is 0 Å². The van der Waals surface area contributed by atoms with Crippen molar-refractivity contribution in [2.75, 3.05) is 0 Å². The number of fused-ring (bicyclic) bond motifs is 3. The molecule has 0 radical (unpaired) electrons. The van der Waals surface area contributed by atoms with Crippen molar-refractivity contribution in [2.45, 2.75) is 131 Å². The van der Waals surface area contributed by atoms with Gasteiger partial charge in [0.05, 0.1) is 5.52 Å². The van der Waals surface area contributed by atoms with E-state index >= 15 is 0 Å². The maximum Gasteiger partial charge on any atom is 0.0789 e. The molecule has 1 heteroatoms. The number of aryl methyl sites for hydroxylation is 4. The lowest BCUT2D eigenvalue weighted by Gasteiger charge is -2.24. The van der Waals surface area contributed by atoms with E-state index in [1.165, 1.54) is 112 Å². The highest BCUT2D eigenvalue weighted by Crippen LogP contribution is 2.39. The summed E-state index contributed by atoms with van der Waals surface area (Å²) in [6.45, 7) is 11.6. The Morgan fingerprint density at radius 2 is 0.941 bits per heavy atom. The van der Waals surface area contributed by atoms with Crippen LogP contribution in [0.4, 0.5) is 0 Å². The summed E-state index contributed by atoms with van der Waals surface area (Å²) in [7, 11) is 0. The van der Waals surface area contributed by atoms with Gasteiger partial charge in [0, 0.05) is 16.5 Å². The predicted octanol–water partition coefficient (Wildman–Crippen LogP) is 10.1. The predicted molar refractivity (Wildman–Crippen MR) is 152 cm³/mol. The maximum absolute atomic E-state index is 5.55. The Morgan fingerprint density at radius 1 is 0.500 bits per heavy atom. The number of nitrogens with zero attached hydrogens (tertiary/aromatic N) is 1. The molecule has 0 saturated heterocycles. The maximum atomic E-state index is 5.55. The average molecular weight is 460 g/mol. The molecule has 3 rings (SSSR count). The minimum Gasteiger partial charge on any atom is -0.252 e. The van der Waals surface area contributed by atoms with E-state index in [4.69, 9.17) is 4.98 Å². The van der Waals surface area contributed by atoms with Crippen LogP contribution in [-0.2, 0) is 32.1 Å². The first kappa shape index (κ1) is 26.7. The van der Waals surface area contributed by atoms with Crippen LogP contribution in [0.2, 0.25) is 0 Å². The van der Waals surface area contributed by atoms with Crippen molar-refractivity contribution in [3.63, 3.8) is 0 Å².